The highest BCUT2D eigenvalue weighted by molar-refractivity contribution is 5.88. The minimum absolute atomic E-state index is 0.294. The summed E-state index contributed by atoms with van der Waals surface area (Å²) < 4.78 is 15.0. The van der Waals surface area contributed by atoms with Crippen molar-refractivity contribution in [1.29, 1.82) is 0 Å². The van der Waals surface area contributed by atoms with Crippen LogP contribution < -0.4 is 0 Å². The number of carboxylic acid groups (broad SMARTS) is 1. The summed E-state index contributed by atoms with van der Waals surface area (Å²) in [6.07, 6.45) is 3.70. The van der Waals surface area contributed by atoms with Gasteiger partial charge in [0.15, 0.2) is 0 Å². The molecule has 0 atom stereocenters. The molecule has 1 N–H and O–H groups in total. The number of carbonyl (C=O) groups is 1. The molecule has 5 nitrogen and oxygen atoms in total. The number of aromatic carboxylic acids is 1. The average molecular weight is 277 g/mol. The highest BCUT2D eigenvalue weighted by Crippen LogP contribution is 2.13. The molecule has 2 aromatic rings. The molecule has 0 saturated heterocycles. The van der Waals surface area contributed by atoms with Crippen LogP contribution in [0.15, 0.2) is 30.6 Å². The third kappa shape index (κ3) is 3.42. The van der Waals surface area contributed by atoms with Gasteiger partial charge in [0.25, 0.3) is 0 Å². The van der Waals surface area contributed by atoms with E-state index in [1.54, 1.807) is 16.9 Å². The van der Waals surface area contributed by atoms with Crippen LogP contribution in [0.3, 0.4) is 0 Å². The second-order valence-electron chi connectivity index (χ2n) is 4.81. The molecule has 0 aliphatic heterocycles. The molecule has 1 aromatic carbocycles. The fourth-order valence-corrected chi connectivity index (χ4v) is 2.07. The zero-order valence-corrected chi connectivity index (χ0v) is 11.4. The molecule has 0 spiro atoms. The average Bonchev–Trinajstić information content (AvgIpc) is 2.76. The lowest BCUT2D eigenvalue weighted by Gasteiger charge is -2.16. The van der Waals surface area contributed by atoms with E-state index >= 15 is 0 Å². The Hall–Kier alpha value is -2.21. The van der Waals surface area contributed by atoms with Crippen molar-refractivity contribution >= 4 is 5.97 Å². The maximum Gasteiger partial charge on any atom is 0.338 e. The molecular weight excluding hydrogens is 261 g/mol. The topological polar surface area (TPSA) is 58.4 Å². The maximum atomic E-state index is 13.3. The van der Waals surface area contributed by atoms with E-state index in [0.29, 0.717) is 13.1 Å². The second-order valence-corrected chi connectivity index (χ2v) is 4.81. The Bertz CT molecular complexity index is 625. The monoisotopic (exact) mass is 277 g/mol. The van der Waals surface area contributed by atoms with Gasteiger partial charge in [-0.05, 0) is 24.7 Å². The number of hydrogen-bond acceptors (Lipinski definition) is 3. The van der Waals surface area contributed by atoms with Gasteiger partial charge in [0.05, 0.1) is 11.8 Å². The summed E-state index contributed by atoms with van der Waals surface area (Å²) in [6.45, 7) is 1.23. The van der Waals surface area contributed by atoms with Crippen molar-refractivity contribution < 1.29 is 14.3 Å². The predicted octanol–water partition coefficient (Wildman–Crippen LogP) is 1.89. The number of aryl methyl sites for hydroxylation is 1. The summed E-state index contributed by atoms with van der Waals surface area (Å²) in [4.78, 5) is 12.9. The van der Waals surface area contributed by atoms with E-state index in [1.807, 2.05) is 25.2 Å². The van der Waals surface area contributed by atoms with Crippen molar-refractivity contribution in [3.05, 3.63) is 53.1 Å². The largest absolute Gasteiger partial charge is 0.478 e. The Morgan fingerprint density at radius 2 is 2.10 bits per heavy atom. The molecule has 106 valence electrons. The molecule has 0 amide bonds. The van der Waals surface area contributed by atoms with E-state index < -0.39 is 11.8 Å². The van der Waals surface area contributed by atoms with Crippen LogP contribution in [0.1, 0.15) is 21.5 Å². The fourth-order valence-electron chi connectivity index (χ4n) is 2.07. The molecule has 20 heavy (non-hydrogen) atoms. The fraction of sp³-hybridized carbons (Fsp3) is 0.286. The summed E-state index contributed by atoms with van der Waals surface area (Å²) in [5.41, 5.74) is 1.53. The number of benzene rings is 1. The zero-order chi connectivity index (χ0) is 14.7. The summed E-state index contributed by atoms with van der Waals surface area (Å²) in [5, 5.41) is 13.0. The minimum atomic E-state index is -1.25. The van der Waals surface area contributed by atoms with Crippen LogP contribution >= 0.6 is 0 Å². The van der Waals surface area contributed by atoms with Gasteiger partial charge in [-0.1, -0.05) is 6.07 Å². The Morgan fingerprint density at radius 1 is 1.40 bits per heavy atom. The second kappa shape index (κ2) is 5.83. The third-order valence-electron chi connectivity index (χ3n) is 2.92. The molecule has 2 rings (SSSR count). The molecule has 0 aliphatic carbocycles. The van der Waals surface area contributed by atoms with Crippen molar-refractivity contribution in [2.75, 3.05) is 7.05 Å². The van der Waals surface area contributed by atoms with E-state index in [-0.39, 0.29) is 5.56 Å². The van der Waals surface area contributed by atoms with E-state index in [2.05, 4.69) is 5.10 Å². The first-order valence-electron chi connectivity index (χ1n) is 6.13. The van der Waals surface area contributed by atoms with Crippen molar-refractivity contribution in [2.24, 2.45) is 7.05 Å². The van der Waals surface area contributed by atoms with E-state index in [4.69, 9.17) is 5.11 Å². The van der Waals surface area contributed by atoms with Gasteiger partial charge >= 0.3 is 5.97 Å². The Morgan fingerprint density at radius 3 is 2.70 bits per heavy atom. The van der Waals surface area contributed by atoms with E-state index in [1.165, 1.54) is 12.1 Å². The lowest BCUT2D eigenvalue weighted by Crippen LogP contribution is -2.17. The van der Waals surface area contributed by atoms with Crippen LogP contribution in [0.25, 0.3) is 0 Å². The zero-order valence-electron chi connectivity index (χ0n) is 11.4. The Balaban J connectivity index is 2.06. The number of aromatic nitrogens is 2. The number of hydrogen-bond donors (Lipinski definition) is 1. The molecule has 1 aromatic heterocycles. The van der Waals surface area contributed by atoms with Gasteiger partial charge in [-0.15, -0.1) is 0 Å². The van der Waals surface area contributed by atoms with Crippen molar-refractivity contribution in [3.63, 3.8) is 0 Å². The summed E-state index contributed by atoms with van der Waals surface area (Å²) in [5.74, 6) is -1.96. The molecule has 0 radical (unpaired) electrons. The smallest absolute Gasteiger partial charge is 0.338 e. The quantitative estimate of drug-likeness (QED) is 0.906. The van der Waals surface area contributed by atoms with Crippen LogP contribution in [0, 0.1) is 5.82 Å². The minimum Gasteiger partial charge on any atom is -0.478 e. The highest BCUT2D eigenvalue weighted by Gasteiger charge is 2.12. The van der Waals surface area contributed by atoms with Gasteiger partial charge < -0.3 is 5.11 Å². The molecule has 0 unspecified atom stereocenters. The summed E-state index contributed by atoms with van der Waals surface area (Å²) >= 11 is 0. The molecule has 1 heterocycles. The SMILES string of the molecule is CN(Cc1ccc(F)c(C(=O)O)c1)Cc1cnn(C)c1. The predicted molar refractivity (Wildman–Crippen MR) is 71.7 cm³/mol. The first kappa shape index (κ1) is 14.2. The van der Waals surface area contributed by atoms with Crippen LogP contribution in [0.4, 0.5) is 4.39 Å². The van der Waals surface area contributed by atoms with Gasteiger partial charge in [0.2, 0.25) is 0 Å². The normalized spacial score (nSPS) is 11.0. The molecular formula is C14H16FN3O2. The number of rotatable bonds is 5. The first-order chi connectivity index (χ1) is 9.45. The summed E-state index contributed by atoms with van der Waals surface area (Å²) in [7, 11) is 3.76. The van der Waals surface area contributed by atoms with Crippen LogP contribution in [0.5, 0.6) is 0 Å². The highest BCUT2D eigenvalue weighted by atomic mass is 19.1. The van der Waals surface area contributed by atoms with Crippen LogP contribution in [-0.4, -0.2) is 32.8 Å². The Labute approximate surface area is 116 Å². The number of nitrogens with zero attached hydrogens (tertiary/aromatic N) is 3. The molecule has 6 heteroatoms. The van der Waals surface area contributed by atoms with Crippen molar-refractivity contribution in [3.8, 4) is 0 Å². The standard InChI is InChI=1S/C14H16FN3O2/c1-17(8-11-6-16-18(2)9-11)7-10-3-4-13(15)12(5-10)14(19)20/h3-6,9H,7-8H2,1-2H3,(H,19,20). The van der Waals surface area contributed by atoms with Gasteiger partial charge in [0, 0.05) is 31.9 Å². The molecule has 0 saturated carbocycles. The van der Waals surface area contributed by atoms with Gasteiger partial charge in [-0.3, -0.25) is 9.58 Å². The van der Waals surface area contributed by atoms with Gasteiger partial charge in [-0.2, -0.15) is 5.10 Å². The lowest BCUT2D eigenvalue weighted by atomic mass is 10.1. The molecule has 0 fully saturated rings. The van der Waals surface area contributed by atoms with Crippen LogP contribution in [0.2, 0.25) is 0 Å². The number of halogens is 1. The van der Waals surface area contributed by atoms with Gasteiger partial charge in [0.1, 0.15) is 5.82 Å². The van der Waals surface area contributed by atoms with Crippen LogP contribution in [-0.2, 0) is 20.1 Å². The first-order valence-corrected chi connectivity index (χ1v) is 6.13. The third-order valence-corrected chi connectivity index (χ3v) is 2.92. The Kier molecular flexibility index (Phi) is 4.14. The maximum absolute atomic E-state index is 13.3. The van der Waals surface area contributed by atoms with E-state index in [9.17, 15) is 9.18 Å². The molecule has 0 aliphatic rings. The number of carboxylic acids is 1. The van der Waals surface area contributed by atoms with Crippen molar-refractivity contribution in [1.82, 2.24) is 14.7 Å². The molecule has 0 bridgehead atoms. The van der Waals surface area contributed by atoms with E-state index in [0.717, 1.165) is 11.1 Å². The lowest BCUT2D eigenvalue weighted by molar-refractivity contribution is 0.0691. The van der Waals surface area contributed by atoms with Gasteiger partial charge in [-0.25, -0.2) is 9.18 Å². The van der Waals surface area contributed by atoms with Crippen molar-refractivity contribution in [2.45, 2.75) is 13.1 Å². The summed E-state index contributed by atoms with van der Waals surface area (Å²) in [6, 6.07) is 4.16.